The van der Waals surface area contributed by atoms with Crippen molar-refractivity contribution in [3.63, 3.8) is 0 Å². The first-order chi connectivity index (χ1) is 15.1. The summed E-state index contributed by atoms with van der Waals surface area (Å²) in [5, 5.41) is 2.59. The van der Waals surface area contributed by atoms with Gasteiger partial charge in [-0.2, -0.15) is 0 Å². The Balaban J connectivity index is 1.38. The number of benzene rings is 3. The highest BCUT2D eigenvalue weighted by molar-refractivity contribution is 5.86. The van der Waals surface area contributed by atoms with Gasteiger partial charge in [0.1, 0.15) is 12.4 Å². The SMILES string of the molecule is O=C(Cn1cnc2ccc(F)cc2c1=O)N1CCC[C@H]1Cc1cccc2ccccc12. The molecule has 1 amide bonds. The summed E-state index contributed by atoms with van der Waals surface area (Å²) in [4.78, 5) is 31.9. The summed E-state index contributed by atoms with van der Waals surface area (Å²) >= 11 is 0. The van der Waals surface area contributed by atoms with E-state index < -0.39 is 11.4 Å². The largest absolute Gasteiger partial charge is 0.338 e. The normalized spacial score (nSPS) is 16.3. The second-order valence-corrected chi connectivity index (χ2v) is 8.06. The van der Waals surface area contributed by atoms with E-state index in [-0.39, 0.29) is 23.9 Å². The molecule has 0 unspecified atom stereocenters. The maximum atomic E-state index is 13.6. The quantitative estimate of drug-likeness (QED) is 0.508. The van der Waals surface area contributed by atoms with Crippen LogP contribution < -0.4 is 5.56 Å². The van der Waals surface area contributed by atoms with Gasteiger partial charge in [0.15, 0.2) is 0 Å². The van der Waals surface area contributed by atoms with E-state index in [1.165, 1.54) is 45.4 Å². The number of hydrogen-bond donors (Lipinski definition) is 0. The molecule has 0 bridgehead atoms. The highest BCUT2D eigenvalue weighted by atomic mass is 19.1. The lowest BCUT2D eigenvalue weighted by atomic mass is 9.97. The zero-order valence-electron chi connectivity index (χ0n) is 17.0. The fourth-order valence-electron chi connectivity index (χ4n) is 4.58. The van der Waals surface area contributed by atoms with E-state index in [0.29, 0.717) is 12.1 Å². The predicted molar refractivity (Wildman–Crippen MR) is 118 cm³/mol. The number of aromatic nitrogens is 2. The average Bonchev–Trinajstić information content (AvgIpc) is 3.25. The number of carbonyl (C=O) groups is 1. The minimum absolute atomic E-state index is 0.0929. The van der Waals surface area contributed by atoms with Crippen LogP contribution in [0.25, 0.3) is 21.7 Å². The lowest BCUT2D eigenvalue weighted by Gasteiger charge is -2.25. The molecule has 1 saturated heterocycles. The number of nitrogens with zero attached hydrogens (tertiary/aromatic N) is 3. The molecular formula is C25H22FN3O2. The van der Waals surface area contributed by atoms with Crippen LogP contribution in [0.4, 0.5) is 4.39 Å². The molecule has 0 aliphatic carbocycles. The Bertz CT molecular complexity index is 1340. The highest BCUT2D eigenvalue weighted by Gasteiger charge is 2.29. The average molecular weight is 415 g/mol. The van der Waals surface area contributed by atoms with Crippen molar-refractivity contribution in [2.75, 3.05) is 6.54 Å². The van der Waals surface area contributed by atoms with Crippen LogP contribution in [0.1, 0.15) is 18.4 Å². The van der Waals surface area contributed by atoms with Crippen LogP contribution >= 0.6 is 0 Å². The number of hydrogen-bond acceptors (Lipinski definition) is 3. The van der Waals surface area contributed by atoms with E-state index in [0.717, 1.165) is 19.3 Å². The Kier molecular flexibility index (Phi) is 4.98. The van der Waals surface area contributed by atoms with Crippen molar-refractivity contribution < 1.29 is 9.18 Å². The molecule has 1 aliphatic heterocycles. The molecule has 0 saturated carbocycles. The van der Waals surface area contributed by atoms with Gasteiger partial charge in [0.2, 0.25) is 5.91 Å². The van der Waals surface area contributed by atoms with E-state index in [4.69, 9.17) is 0 Å². The summed E-state index contributed by atoms with van der Waals surface area (Å²) in [6, 6.07) is 18.6. The minimum atomic E-state index is -0.495. The van der Waals surface area contributed by atoms with Crippen molar-refractivity contribution in [2.45, 2.75) is 31.8 Å². The third-order valence-electron chi connectivity index (χ3n) is 6.12. The fraction of sp³-hybridized carbons (Fsp3) is 0.240. The van der Waals surface area contributed by atoms with Crippen molar-refractivity contribution in [2.24, 2.45) is 0 Å². The molecule has 0 radical (unpaired) electrons. The van der Waals surface area contributed by atoms with Crippen LogP contribution in [0, 0.1) is 5.82 Å². The first kappa shape index (κ1) is 19.4. The van der Waals surface area contributed by atoms with E-state index in [1.807, 2.05) is 17.0 Å². The van der Waals surface area contributed by atoms with E-state index in [1.54, 1.807) is 0 Å². The molecule has 0 spiro atoms. The molecule has 6 heteroatoms. The molecular weight excluding hydrogens is 393 g/mol. The van der Waals surface area contributed by atoms with Crippen LogP contribution in [0.15, 0.2) is 71.8 Å². The van der Waals surface area contributed by atoms with Gasteiger partial charge in [-0.3, -0.25) is 14.2 Å². The molecule has 31 heavy (non-hydrogen) atoms. The number of carbonyl (C=O) groups excluding carboxylic acids is 1. The summed E-state index contributed by atoms with van der Waals surface area (Å²) in [6.07, 6.45) is 4.03. The number of halogens is 1. The number of fused-ring (bicyclic) bond motifs is 2. The standard InChI is InChI=1S/C25H22FN3O2/c26-19-10-11-23-22(14-19)25(31)28(16-27-23)15-24(30)29-12-4-8-20(29)13-18-7-3-6-17-5-1-2-9-21(17)18/h1-3,5-7,9-11,14,16,20H,4,8,12-13,15H2/t20-/m0/s1. The minimum Gasteiger partial charge on any atom is -0.338 e. The maximum absolute atomic E-state index is 13.6. The molecule has 2 heterocycles. The lowest BCUT2D eigenvalue weighted by Crippen LogP contribution is -2.40. The molecule has 1 fully saturated rings. The highest BCUT2D eigenvalue weighted by Crippen LogP contribution is 2.26. The Morgan fingerprint density at radius 2 is 1.90 bits per heavy atom. The first-order valence-corrected chi connectivity index (χ1v) is 10.5. The molecule has 5 rings (SSSR count). The van der Waals surface area contributed by atoms with Crippen LogP contribution in [-0.4, -0.2) is 32.9 Å². The second kappa shape index (κ2) is 7.95. The molecule has 4 aromatic rings. The zero-order valence-corrected chi connectivity index (χ0v) is 17.0. The first-order valence-electron chi connectivity index (χ1n) is 10.5. The van der Waals surface area contributed by atoms with Gasteiger partial charge in [-0.1, -0.05) is 42.5 Å². The third-order valence-corrected chi connectivity index (χ3v) is 6.12. The summed E-state index contributed by atoms with van der Waals surface area (Å²) in [7, 11) is 0. The summed E-state index contributed by atoms with van der Waals surface area (Å²) in [6.45, 7) is 0.586. The molecule has 0 N–H and O–H groups in total. The van der Waals surface area contributed by atoms with E-state index in [9.17, 15) is 14.0 Å². The van der Waals surface area contributed by atoms with Crippen molar-refractivity contribution in [3.05, 3.63) is 88.7 Å². The molecule has 1 aliphatic rings. The van der Waals surface area contributed by atoms with Gasteiger partial charge >= 0.3 is 0 Å². The lowest BCUT2D eigenvalue weighted by molar-refractivity contribution is -0.132. The van der Waals surface area contributed by atoms with Gasteiger partial charge < -0.3 is 4.90 Å². The number of amides is 1. The van der Waals surface area contributed by atoms with Crippen LogP contribution in [0.3, 0.4) is 0 Å². The second-order valence-electron chi connectivity index (χ2n) is 8.06. The fourth-order valence-corrected chi connectivity index (χ4v) is 4.58. The Hall–Kier alpha value is -3.54. The van der Waals surface area contributed by atoms with E-state index >= 15 is 0 Å². The van der Waals surface area contributed by atoms with Crippen molar-refractivity contribution in [3.8, 4) is 0 Å². The van der Waals surface area contributed by atoms with Crippen molar-refractivity contribution in [1.82, 2.24) is 14.5 Å². The third kappa shape index (κ3) is 3.69. The summed E-state index contributed by atoms with van der Waals surface area (Å²) < 4.78 is 14.8. The van der Waals surface area contributed by atoms with Gasteiger partial charge in [0.05, 0.1) is 17.2 Å². The monoisotopic (exact) mass is 415 g/mol. The molecule has 5 nitrogen and oxygen atoms in total. The Morgan fingerprint density at radius 3 is 2.81 bits per heavy atom. The van der Waals surface area contributed by atoms with Gasteiger partial charge in [0.25, 0.3) is 5.56 Å². The smallest absolute Gasteiger partial charge is 0.261 e. The van der Waals surface area contributed by atoms with Gasteiger partial charge in [0, 0.05) is 12.6 Å². The molecule has 3 aromatic carbocycles. The maximum Gasteiger partial charge on any atom is 0.261 e. The van der Waals surface area contributed by atoms with Gasteiger partial charge in [-0.15, -0.1) is 0 Å². The van der Waals surface area contributed by atoms with Gasteiger partial charge in [-0.05, 0) is 53.8 Å². The molecule has 156 valence electrons. The van der Waals surface area contributed by atoms with Crippen LogP contribution in [0.5, 0.6) is 0 Å². The molecule has 1 aromatic heterocycles. The topological polar surface area (TPSA) is 55.2 Å². The number of likely N-dealkylation sites (tertiary alicyclic amines) is 1. The predicted octanol–water partition coefficient (Wildman–Crippen LogP) is 3.92. The van der Waals surface area contributed by atoms with Gasteiger partial charge in [-0.25, -0.2) is 9.37 Å². The Labute approximate surface area is 178 Å². The van der Waals surface area contributed by atoms with E-state index in [2.05, 4.69) is 35.3 Å². The zero-order chi connectivity index (χ0) is 21.4. The Morgan fingerprint density at radius 1 is 1.06 bits per heavy atom. The van der Waals surface area contributed by atoms with Crippen molar-refractivity contribution >= 4 is 27.6 Å². The summed E-state index contributed by atoms with van der Waals surface area (Å²) in [5.74, 6) is -0.604. The van der Waals surface area contributed by atoms with Crippen molar-refractivity contribution in [1.29, 1.82) is 0 Å². The molecule has 1 atom stereocenters. The van der Waals surface area contributed by atoms with Crippen LogP contribution in [-0.2, 0) is 17.8 Å². The number of rotatable bonds is 4. The van der Waals surface area contributed by atoms with Crippen LogP contribution in [0.2, 0.25) is 0 Å². The summed E-state index contributed by atoms with van der Waals surface area (Å²) in [5.41, 5.74) is 1.25.